The Hall–Kier alpha value is -2.61. The maximum Gasteiger partial charge on any atom is 0.239 e. The average molecular weight is 240 g/mol. The van der Waals surface area contributed by atoms with Crippen molar-refractivity contribution in [2.45, 2.75) is 6.42 Å². The number of nitrogens with zero attached hydrogens (tertiary/aromatic N) is 3. The molecule has 0 unspecified atom stereocenters. The van der Waals surface area contributed by atoms with Gasteiger partial charge in [0.1, 0.15) is 11.6 Å². The van der Waals surface area contributed by atoms with Gasteiger partial charge in [0, 0.05) is 7.05 Å². The van der Waals surface area contributed by atoms with Crippen LogP contribution in [0.4, 0.5) is 5.82 Å². The molecule has 0 spiro atoms. The van der Waals surface area contributed by atoms with Crippen molar-refractivity contribution in [3.05, 3.63) is 42.2 Å². The Bertz CT molecular complexity index is 560. The van der Waals surface area contributed by atoms with Crippen molar-refractivity contribution < 1.29 is 4.74 Å². The van der Waals surface area contributed by atoms with Gasteiger partial charge in [-0.25, -0.2) is 0 Å². The van der Waals surface area contributed by atoms with Crippen molar-refractivity contribution in [1.29, 1.82) is 5.26 Å². The molecule has 0 aliphatic heterocycles. The third kappa shape index (κ3) is 2.95. The number of nitrogens with one attached hydrogen (secondary N) is 1. The molecule has 2 aromatic rings. The van der Waals surface area contributed by atoms with E-state index in [9.17, 15) is 0 Å². The van der Waals surface area contributed by atoms with E-state index in [-0.39, 0.29) is 0 Å². The summed E-state index contributed by atoms with van der Waals surface area (Å²) in [6.07, 6.45) is 3.56. The molecule has 0 aliphatic carbocycles. The topological polar surface area (TPSA) is 70.8 Å². The van der Waals surface area contributed by atoms with E-state index in [1.54, 1.807) is 31.6 Å². The van der Waals surface area contributed by atoms with Gasteiger partial charge in [-0.3, -0.25) is 4.98 Å². The summed E-state index contributed by atoms with van der Waals surface area (Å²) in [6.45, 7) is 0. The minimum absolute atomic E-state index is 0.398. The fraction of sp³-hybridized carbons (Fsp3) is 0.154. The highest BCUT2D eigenvalue weighted by molar-refractivity contribution is 5.35. The van der Waals surface area contributed by atoms with Crippen LogP contribution in [0.25, 0.3) is 0 Å². The van der Waals surface area contributed by atoms with Crippen LogP contribution in [-0.2, 0) is 6.42 Å². The lowest BCUT2D eigenvalue weighted by Crippen LogP contribution is -1.95. The van der Waals surface area contributed by atoms with E-state index in [0.717, 1.165) is 5.56 Å². The lowest BCUT2D eigenvalue weighted by Gasteiger charge is -2.06. The van der Waals surface area contributed by atoms with Gasteiger partial charge in [-0.2, -0.15) is 10.2 Å². The van der Waals surface area contributed by atoms with Gasteiger partial charge in [0.15, 0.2) is 0 Å². The number of benzene rings is 1. The van der Waals surface area contributed by atoms with E-state index in [1.807, 2.05) is 12.1 Å². The van der Waals surface area contributed by atoms with Crippen LogP contribution >= 0.6 is 0 Å². The molecule has 1 aromatic heterocycles. The average Bonchev–Trinajstić information content (AvgIpc) is 2.42. The van der Waals surface area contributed by atoms with Gasteiger partial charge in [0.25, 0.3) is 0 Å². The van der Waals surface area contributed by atoms with E-state index >= 15 is 0 Å². The fourth-order valence-electron chi connectivity index (χ4n) is 1.41. The van der Waals surface area contributed by atoms with Gasteiger partial charge in [-0.15, -0.1) is 0 Å². The highest BCUT2D eigenvalue weighted by Gasteiger charge is 2.01. The van der Waals surface area contributed by atoms with Crippen LogP contribution in [0, 0.1) is 11.3 Å². The Labute approximate surface area is 105 Å². The van der Waals surface area contributed by atoms with Gasteiger partial charge in [-0.05, 0) is 17.7 Å². The summed E-state index contributed by atoms with van der Waals surface area (Å²) in [5, 5.41) is 11.5. The Morgan fingerprint density at radius 2 is 2.06 bits per heavy atom. The molecule has 2 rings (SSSR count). The summed E-state index contributed by atoms with van der Waals surface area (Å²) in [6, 6.07) is 9.42. The monoisotopic (exact) mass is 240 g/mol. The molecule has 0 radical (unpaired) electrons. The molecule has 0 saturated carbocycles. The number of nitriles is 1. The highest BCUT2D eigenvalue weighted by atomic mass is 16.5. The minimum Gasteiger partial charge on any atom is -0.437 e. The molecule has 0 amide bonds. The molecule has 5 heteroatoms. The van der Waals surface area contributed by atoms with Crippen LogP contribution in [0.15, 0.2) is 36.7 Å². The maximum atomic E-state index is 8.58. The molecule has 0 saturated heterocycles. The summed E-state index contributed by atoms with van der Waals surface area (Å²) in [5.41, 5.74) is 0.958. The second kappa shape index (κ2) is 5.64. The Morgan fingerprint density at radius 1 is 1.28 bits per heavy atom. The molecule has 0 bridgehead atoms. The second-order valence-corrected chi connectivity index (χ2v) is 3.57. The normalized spacial score (nSPS) is 9.56. The number of rotatable bonds is 4. The number of hydrogen-bond acceptors (Lipinski definition) is 5. The van der Waals surface area contributed by atoms with Gasteiger partial charge in [0.05, 0.1) is 24.9 Å². The van der Waals surface area contributed by atoms with E-state index in [4.69, 9.17) is 10.00 Å². The first-order valence-electron chi connectivity index (χ1n) is 5.45. The molecule has 0 aliphatic rings. The molecule has 1 heterocycles. The molecule has 0 fully saturated rings. The first-order valence-corrected chi connectivity index (χ1v) is 5.45. The number of hydrogen-bond donors (Lipinski definition) is 1. The molecular formula is C13H12N4O. The summed E-state index contributed by atoms with van der Waals surface area (Å²) in [4.78, 5) is 8.20. The molecule has 0 atom stereocenters. The lowest BCUT2D eigenvalue weighted by atomic mass is 10.2. The summed E-state index contributed by atoms with van der Waals surface area (Å²) >= 11 is 0. The summed E-state index contributed by atoms with van der Waals surface area (Å²) < 4.78 is 5.56. The van der Waals surface area contributed by atoms with Crippen LogP contribution in [0.1, 0.15) is 5.56 Å². The SMILES string of the molecule is CNc1cncc(Oc2ccc(CC#N)cc2)n1. The van der Waals surface area contributed by atoms with Gasteiger partial charge >= 0.3 is 0 Å². The van der Waals surface area contributed by atoms with Gasteiger partial charge in [-0.1, -0.05) is 12.1 Å². The zero-order chi connectivity index (χ0) is 12.8. The quantitative estimate of drug-likeness (QED) is 0.888. The zero-order valence-electron chi connectivity index (χ0n) is 9.92. The number of ether oxygens (including phenoxy) is 1. The fourth-order valence-corrected chi connectivity index (χ4v) is 1.41. The summed E-state index contributed by atoms with van der Waals surface area (Å²) in [7, 11) is 1.77. The molecule has 5 nitrogen and oxygen atoms in total. The smallest absolute Gasteiger partial charge is 0.239 e. The van der Waals surface area contributed by atoms with Crippen LogP contribution in [-0.4, -0.2) is 17.0 Å². The zero-order valence-corrected chi connectivity index (χ0v) is 9.92. The van der Waals surface area contributed by atoms with E-state index in [1.165, 1.54) is 0 Å². The van der Waals surface area contributed by atoms with Crippen LogP contribution in [0.5, 0.6) is 11.6 Å². The third-order valence-electron chi connectivity index (χ3n) is 2.30. The molecule has 1 N–H and O–H groups in total. The van der Waals surface area contributed by atoms with Gasteiger partial charge < -0.3 is 10.1 Å². The number of anilines is 1. The van der Waals surface area contributed by atoms with E-state index in [2.05, 4.69) is 21.4 Å². The predicted molar refractivity (Wildman–Crippen MR) is 67.4 cm³/mol. The molecular weight excluding hydrogens is 228 g/mol. The predicted octanol–water partition coefficient (Wildman–Crippen LogP) is 2.38. The Morgan fingerprint density at radius 3 is 2.72 bits per heavy atom. The van der Waals surface area contributed by atoms with Crippen molar-refractivity contribution in [3.63, 3.8) is 0 Å². The molecule has 90 valence electrons. The largest absolute Gasteiger partial charge is 0.437 e. The Kier molecular flexibility index (Phi) is 3.72. The first-order chi connectivity index (χ1) is 8.81. The summed E-state index contributed by atoms with van der Waals surface area (Å²) in [5.74, 6) is 1.74. The van der Waals surface area contributed by atoms with E-state index in [0.29, 0.717) is 23.9 Å². The van der Waals surface area contributed by atoms with Crippen LogP contribution in [0.2, 0.25) is 0 Å². The second-order valence-electron chi connectivity index (χ2n) is 3.57. The maximum absolute atomic E-state index is 8.58. The lowest BCUT2D eigenvalue weighted by molar-refractivity contribution is 0.461. The van der Waals surface area contributed by atoms with Crippen molar-refractivity contribution >= 4 is 5.82 Å². The standard InChI is InChI=1S/C13H12N4O/c1-15-12-8-16-9-13(17-12)18-11-4-2-10(3-5-11)6-7-14/h2-5,8-9H,6H2,1H3,(H,15,17). The van der Waals surface area contributed by atoms with Crippen molar-refractivity contribution in [2.24, 2.45) is 0 Å². The molecule has 18 heavy (non-hydrogen) atoms. The van der Waals surface area contributed by atoms with Crippen molar-refractivity contribution in [2.75, 3.05) is 12.4 Å². The van der Waals surface area contributed by atoms with Crippen molar-refractivity contribution in [3.8, 4) is 17.7 Å². The van der Waals surface area contributed by atoms with Gasteiger partial charge in [0.2, 0.25) is 5.88 Å². The van der Waals surface area contributed by atoms with E-state index < -0.39 is 0 Å². The van der Waals surface area contributed by atoms with Crippen molar-refractivity contribution in [1.82, 2.24) is 9.97 Å². The highest BCUT2D eigenvalue weighted by Crippen LogP contribution is 2.20. The van der Waals surface area contributed by atoms with Crippen LogP contribution < -0.4 is 10.1 Å². The molecule has 1 aromatic carbocycles. The Balaban J connectivity index is 2.11. The minimum atomic E-state index is 0.398. The van der Waals surface area contributed by atoms with Crippen LogP contribution in [0.3, 0.4) is 0 Å². The first kappa shape index (κ1) is 11.9. The third-order valence-corrected chi connectivity index (χ3v) is 2.30. The number of aromatic nitrogens is 2.